The topological polar surface area (TPSA) is 73.9 Å². The van der Waals surface area contributed by atoms with Gasteiger partial charge in [0.05, 0.1) is 26.9 Å². The van der Waals surface area contributed by atoms with Gasteiger partial charge in [-0.2, -0.15) is 0 Å². The van der Waals surface area contributed by atoms with Crippen LogP contribution < -0.4 is 14.8 Å². The third-order valence-corrected chi connectivity index (χ3v) is 2.23. The van der Waals surface area contributed by atoms with Crippen molar-refractivity contribution in [2.75, 3.05) is 26.6 Å². The number of rotatable bonds is 4. The van der Waals surface area contributed by atoms with Gasteiger partial charge in [-0.1, -0.05) is 0 Å². The maximum Gasteiger partial charge on any atom is 0.338 e. The summed E-state index contributed by atoms with van der Waals surface area (Å²) in [4.78, 5) is 22.6. The van der Waals surface area contributed by atoms with Gasteiger partial charge < -0.3 is 19.5 Å². The largest absolute Gasteiger partial charge is 0.494 e. The van der Waals surface area contributed by atoms with Crippen molar-refractivity contribution in [2.24, 2.45) is 0 Å². The minimum Gasteiger partial charge on any atom is -0.494 e. The third kappa shape index (κ3) is 2.91. The molecule has 1 aromatic rings. The minimum absolute atomic E-state index is 0.266. The first-order valence-corrected chi connectivity index (χ1v) is 5.15. The molecule has 0 unspecified atom stereocenters. The molecule has 18 heavy (non-hydrogen) atoms. The van der Waals surface area contributed by atoms with Gasteiger partial charge in [0.15, 0.2) is 0 Å². The predicted molar refractivity (Wildman–Crippen MR) is 65.2 cm³/mol. The van der Waals surface area contributed by atoms with Crippen LogP contribution >= 0.6 is 0 Å². The van der Waals surface area contributed by atoms with Crippen LogP contribution in [0.15, 0.2) is 12.1 Å². The molecule has 6 heteroatoms. The zero-order chi connectivity index (χ0) is 13.7. The van der Waals surface area contributed by atoms with Gasteiger partial charge in [-0.3, -0.25) is 4.79 Å². The number of methoxy groups -OCH3 is 3. The lowest BCUT2D eigenvalue weighted by atomic mass is 10.1. The lowest BCUT2D eigenvalue weighted by Gasteiger charge is -2.14. The molecule has 0 fully saturated rings. The molecule has 0 saturated carbocycles. The Bertz CT molecular complexity index is 445. The van der Waals surface area contributed by atoms with E-state index >= 15 is 0 Å². The normalized spacial score (nSPS) is 9.56. The number of anilines is 1. The highest BCUT2D eigenvalue weighted by atomic mass is 16.5. The molecule has 1 aromatic carbocycles. The Balaban J connectivity index is 3.33. The van der Waals surface area contributed by atoms with Crippen molar-refractivity contribution >= 4 is 17.6 Å². The molecule has 0 spiro atoms. The van der Waals surface area contributed by atoms with Crippen LogP contribution in [0.2, 0.25) is 0 Å². The van der Waals surface area contributed by atoms with Crippen molar-refractivity contribution in [3.05, 3.63) is 17.7 Å². The van der Waals surface area contributed by atoms with Gasteiger partial charge in [-0.05, 0) is 12.1 Å². The van der Waals surface area contributed by atoms with Gasteiger partial charge >= 0.3 is 5.97 Å². The summed E-state index contributed by atoms with van der Waals surface area (Å²) in [7, 11) is 4.14. The summed E-state index contributed by atoms with van der Waals surface area (Å²) in [6.45, 7) is 1.37. The quantitative estimate of drug-likeness (QED) is 0.822. The van der Waals surface area contributed by atoms with E-state index in [4.69, 9.17) is 9.47 Å². The molecule has 6 nitrogen and oxygen atoms in total. The van der Waals surface area contributed by atoms with E-state index in [9.17, 15) is 9.59 Å². The van der Waals surface area contributed by atoms with E-state index in [1.165, 1.54) is 40.4 Å². The summed E-state index contributed by atoms with van der Waals surface area (Å²) in [6.07, 6.45) is 0. The van der Waals surface area contributed by atoms with Crippen LogP contribution in [0, 0.1) is 0 Å². The molecule has 1 N–H and O–H groups in total. The van der Waals surface area contributed by atoms with E-state index in [1.807, 2.05) is 0 Å². The van der Waals surface area contributed by atoms with E-state index in [2.05, 4.69) is 10.1 Å². The molecule has 0 heterocycles. The van der Waals surface area contributed by atoms with Crippen LogP contribution in [0.3, 0.4) is 0 Å². The van der Waals surface area contributed by atoms with Crippen molar-refractivity contribution in [3.8, 4) is 11.5 Å². The van der Waals surface area contributed by atoms with Crippen molar-refractivity contribution in [2.45, 2.75) is 6.92 Å². The molecule has 0 bridgehead atoms. The Kier molecular flexibility index (Phi) is 4.53. The summed E-state index contributed by atoms with van der Waals surface area (Å²) in [5.74, 6) is -0.131. The second kappa shape index (κ2) is 5.90. The van der Waals surface area contributed by atoms with Crippen LogP contribution in [-0.2, 0) is 9.53 Å². The highest BCUT2D eigenvalue weighted by Gasteiger charge is 2.17. The Hall–Kier alpha value is -2.24. The molecule has 98 valence electrons. The van der Waals surface area contributed by atoms with Crippen molar-refractivity contribution < 1.29 is 23.8 Å². The van der Waals surface area contributed by atoms with Crippen molar-refractivity contribution in [3.63, 3.8) is 0 Å². The zero-order valence-electron chi connectivity index (χ0n) is 10.7. The van der Waals surface area contributed by atoms with Crippen LogP contribution in [-0.4, -0.2) is 33.2 Å². The summed E-state index contributed by atoms with van der Waals surface area (Å²) >= 11 is 0. The Morgan fingerprint density at radius 2 is 1.56 bits per heavy atom. The van der Waals surface area contributed by atoms with Gasteiger partial charge in [-0.15, -0.1) is 0 Å². The number of carbonyl (C=O) groups excluding carboxylic acids is 2. The smallest absolute Gasteiger partial charge is 0.338 e. The molecule has 1 amide bonds. The lowest BCUT2D eigenvalue weighted by Crippen LogP contribution is -2.10. The standard InChI is InChI=1S/C12H15NO5/c1-7(14)13-11-9(16-2)5-8(12(15)18-4)6-10(11)17-3/h5-6H,1-4H3,(H,13,14). The first-order chi connectivity index (χ1) is 8.53. The second-order valence-corrected chi connectivity index (χ2v) is 3.43. The lowest BCUT2D eigenvalue weighted by molar-refractivity contribution is -0.114. The second-order valence-electron chi connectivity index (χ2n) is 3.43. The Morgan fingerprint density at radius 3 is 1.89 bits per heavy atom. The molecule has 0 aromatic heterocycles. The first-order valence-electron chi connectivity index (χ1n) is 5.15. The summed E-state index contributed by atoms with van der Waals surface area (Å²) in [5.41, 5.74) is 0.653. The maximum atomic E-state index is 11.5. The van der Waals surface area contributed by atoms with E-state index < -0.39 is 5.97 Å². The van der Waals surface area contributed by atoms with E-state index in [-0.39, 0.29) is 11.5 Å². The minimum atomic E-state index is -0.513. The number of carbonyl (C=O) groups is 2. The van der Waals surface area contributed by atoms with Crippen LogP contribution in [0.1, 0.15) is 17.3 Å². The molecule has 0 atom stereocenters. The fourth-order valence-electron chi connectivity index (χ4n) is 1.45. The highest BCUT2D eigenvalue weighted by Crippen LogP contribution is 2.36. The van der Waals surface area contributed by atoms with E-state index in [1.54, 1.807) is 0 Å². The molecule has 0 saturated heterocycles. The van der Waals surface area contributed by atoms with Gasteiger partial charge in [0.1, 0.15) is 17.2 Å². The van der Waals surface area contributed by atoms with Crippen molar-refractivity contribution in [1.29, 1.82) is 0 Å². The molecule has 0 aliphatic rings. The van der Waals surface area contributed by atoms with Gasteiger partial charge in [-0.25, -0.2) is 4.79 Å². The van der Waals surface area contributed by atoms with Gasteiger partial charge in [0.2, 0.25) is 5.91 Å². The maximum absolute atomic E-state index is 11.5. The molecule has 0 aliphatic heterocycles. The molecule has 0 radical (unpaired) electrons. The van der Waals surface area contributed by atoms with E-state index in [0.717, 1.165) is 0 Å². The SMILES string of the molecule is COC(=O)c1cc(OC)c(NC(C)=O)c(OC)c1. The number of amides is 1. The summed E-state index contributed by atoms with van der Waals surface area (Å²) in [6, 6.07) is 2.94. The number of nitrogens with one attached hydrogen (secondary N) is 1. The first kappa shape index (κ1) is 13.8. The van der Waals surface area contributed by atoms with Crippen LogP contribution in [0.25, 0.3) is 0 Å². The van der Waals surface area contributed by atoms with Crippen LogP contribution in [0.5, 0.6) is 11.5 Å². The number of hydrogen-bond donors (Lipinski definition) is 1. The zero-order valence-corrected chi connectivity index (χ0v) is 10.7. The fourth-order valence-corrected chi connectivity index (χ4v) is 1.45. The third-order valence-electron chi connectivity index (χ3n) is 2.23. The predicted octanol–water partition coefficient (Wildman–Crippen LogP) is 1.45. The molecule has 0 aliphatic carbocycles. The van der Waals surface area contributed by atoms with Gasteiger partial charge in [0.25, 0.3) is 0 Å². The Morgan fingerprint density at radius 1 is 1.06 bits per heavy atom. The Labute approximate surface area is 105 Å². The number of esters is 1. The average molecular weight is 253 g/mol. The number of hydrogen-bond acceptors (Lipinski definition) is 5. The van der Waals surface area contributed by atoms with Crippen LogP contribution in [0.4, 0.5) is 5.69 Å². The number of ether oxygens (including phenoxy) is 3. The summed E-state index contributed by atoms with van der Waals surface area (Å²) in [5, 5.41) is 2.59. The highest BCUT2D eigenvalue weighted by molar-refractivity contribution is 5.96. The van der Waals surface area contributed by atoms with E-state index in [0.29, 0.717) is 17.2 Å². The van der Waals surface area contributed by atoms with Crippen molar-refractivity contribution in [1.82, 2.24) is 0 Å². The molecular formula is C12H15NO5. The fraction of sp³-hybridized carbons (Fsp3) is 0.333. The average Bonchev–Trinajstić information content (AvgIpc) is 2.37. The molecule has 1 rings (SSSR count). The molecular weight excluding hydrogens is 238 g/mol. The van der Waals surface area contributed by atoms with Gasteiger partial charge in [0, 0.05) is 6.92 Å². The summed E-state index contributed by atoms with van der Waals surface area (Å²) < 4.78 is 14.9. The number of benzene rings is 1. The monoisotopic (exact) mass is 253 g/mol.